The second-order valence-corrected chi connectivity index (χ2v) is 12.8. The van der Waals surface area contributed by atoms with Crippen molar-refractivity contribution in [3.63, 3.8) is 0 Å². The number of anilines is 2. The van der Waals surface area contributed by atoms with Gasteiger partial charge in [0.25, 0.3) is 5.91 Å². The van der Waals surface area contributed by atoms with Crippen LogP contribution in [0.3, 0.4) is 0 Å². The van der Waals surface area contributed by atoms with Crippen molar-refractivity contribution in [2.24, 2.45) is 5.92 Å². The van der Waals surface area contributed by atoms with Crippen LogP contribution in [-0.2, 0) is 16.1 Å². The summed E-state index contributed by atoms with van der Waals surface area (Å²) in [5.41, 5.74) is 9.25. The maximum Gasteiger partial charge on any atom is 0.328 e. The highest BCUT2D eigenvalue weighted by atomic mass is 16.5. The lowest BCUT2D eigenvalue weighted by Gasteiger charge is -2.32. The first-order valence-electron chi connectivity index (χ1n) is 15.6. The molecule has 1 spiro atoms. The first kappa shape index (κ1) is 28.9. The van der Waals surface area contributed by atoms with E-state index >= 15 is 0 Å². The van der Waals surface area contributed by atoms with Crippen molar-refractivity contribution in [2.45, 2.75) is 24.5 Å². The van der Waals surface area contributed by atoms with E-state index in [-0.39, 0.29) is 23.9 Å². The van der Waals surface area contributed by atoms with Crippen molar-refractivity contribution in [1.82, 2.24) is 19.6 Å². The van der Waals surface area contributed by atoms with Crippen LogP contribution in [0, 0.1) is 5.92 Å². The zero-order chi connectivity index (χ0) is 30.6. The van der Waals surface area contributed by atoms with Crippen LogP contribution in [0.25, 0.3) is 10.8 Å². The molecule has 232 valence electrons. The minimum Gasteiger partial charge on any atom is -0.495 e. The molecule has 4 saturated heterocycles. The molecular weight excluding hydrogens is 556 g/mol. The molecule has 0 bridgehead atoms. The molecular formula is C34H42N6O4. The molecule has 2 N–H and O–H groups in total. The molecule has 1 unspecified atom stereocenters. The number of methoxy groups -OCH3 is 1. The van der Waals surface area contributed by atoms with Crippen LogP contribution >= 0.6 is 0 Å². The molecule has 3 atom stereocenters. The molecule has 44 heavy (non-hydrogen) atoms. The number of ether oxygens (including phenoxy) is 2. The minimum absolute atomic E-state index is 0.0280. The van der Waals surface area contributed by atoms with Crippen LogP contribution in [0.1, 0.15) is 23.6 Å². The molecule has 4 aliphatic heterocycles. The zero-order valence-electron chi connectivity index (χ0n) is 25.9. The van der Waals surface area contributed by atoms with Gasteiger partial charge in [-0.3, -0.25) is 19.5 Å². The van der Waals surface area contributed by atoms with Gasteiger partial charge in [-0.15, -0.1) is 0 Å². The lowest BCUT2D eigenvalue weighted by molar-refractivity contribution is -0.133. The van der Waals surface area contributed by atoms with E-state index in [1.54, 1.807) is 12.0 Å². The Morgan fingerprint density at radius 3 is 2.50 bits per heavy atom. The number of carbonyl (C=O) groups excluding carboxylic acids is 2. The minimum atomic E-state index is -0.883. The second-order valence-electron chi connectivity index (χ2n) is 12.8. The van der Waals surface area contributed by atoms with Gasteiger partial charge in [-0.25, -0.2) is 4.79 Å². The third-order valence-electron chi connectivity index (χ3n) is 10.1. The number of likely N-dealkylation sites (tertiary alicyclic amines) is 1. The van der Waals surface area contributed by atoms with Crippen LogP contribution in [0.15, 0.2) is 54.6 Å². The normalized spacial score (nSPS) is 25.6. The summed E-state index contributed by atoms with van der Waals surface area (Å²) in [6, 6.07) is 18.3. The molecule has 7 rings (SSSR count). The maximum absolute atomic E-state index is 14.5. The lowest BCUT2D eigenvalue weighted by Crippen LogP contribution is -2.51. The standard InChI is InChI=1S/C34H42N6O4/c1-36(2)29-10-9-27(25-6-4-5-7-26(25)29)30-19-24-21-38(20-23-8-11-31(43-3)28(35)18-23)22-34(24)32(41)39(33(42)40(30)34)13-12-37-14-16-44-17-15-37/h4-11,18,24,30H,12-17,19-22,35H2,1-3H3/t24-,30-,34?/m0/s1. The number of rotatable bonds is 8. The van der Waals surface area contributed by atoms with Gasteiger partial charge in [0.05, 0.1) is 32.1 Å². The number of hydrogen-bond acceptors (Lipinski definition) is 8. The van der Waals surface area contributed by atoms with E-state index in [9.17, 15) is 9.59 Å². The van der Waals surface area contributed by atoms with E-state index in [2.05, 4.69) is 65.2 Å². The average molecular weight is 599 g/mol. The molecule has 0 saturated carbocycles. The van der Waals surface area contributed by atoms with Gasteiger partial charge in [-0.2, -0.15) is 0 Å². The van der Waals surface area contributed by atoms with E-state index in [0.29, 0.717) is 50.8 Å². The number of carbonyl (C=O) groups is 2. The molecule has 4 heterocycles. The smallest absolute Gasteiger partial charge is 0.328 e. The summed E-state index contributed by atoms with van der Waals surface area (Å²) in [5.74, 6) is 0.633. The third-order valence-corrected chi connectivity index (χ3v) is 10.1. The summed E-state index contributed by atoms with van der Waals surface area (Å²) >= 11 is 0. The number of nitrogens with two attached hydrogens (primary N) is 1. The SMILES string of the molecule is COc1ccc(CN2C[C@@H]3C[C@@H](c4ccc(N(C)C)c5ccccc45)N4C(=O)N(CCN5CCOCC5)C(=O)C34C2)cc1N. The number of benzene rings is 3. The Morgan fingerprint density at radius 2 is 1.77 bits per heavy atom. The molecule has 3 amide bonds. The van der Waals surface area contributed by atoms with Gasteiger partial charge in [-0.05, 0) is 41.1 Å². The van der Waals surface area contributed by atoms with E-state index in [1.165, 1.54) is 0 Å². The van der Waals surface area contributed by atoms with Crippen molar-refractivity contribution < 1.29 is 19.1 Å². The van der Waals surface area contributed by atoms with E-state index in [0.717, 1.165) is 53.6 Å². The number of nitrogen functional groups attached to an aromatic ring is 1. The molecule has 0 radical (unpaired) electrons. The summed E-state index contributed by atoms with van der Waals surface area (Å²) < 4.78 is 10.9. The summed E-state index contributed by atoms with van der Waals surface area (Å²) in [5, 5.41) is 2.29. The van der Waals surface area contributed by atoms with Crippen LogP contribution in [0.5, 0.6) is 5.75 Å². The van der Waals surface area contributed by atoms with Crippen LogP contribution in [0.2, 0.25) is 0 Å². The predicted molar refractivity (Wildman–Crippen MR) is 171 cm³/mol. The summed E-state index contributed by atoms with van der Waals surface area (Å²) in [7, 11) is 5.72. The van der Waals surface area contributed by atoms with Gasteiger partial charge in [0.1, 0.15) is 11.3 Å². The fourth-order valence-corrected chi connectivity index (χ4v) is 8.07. The summed E-state index contributed by atoms with van der Waals surface area (Å²) in [6.45, 7) is 5.96. The third kappa shape index (κ3) is 4.58. The van der Waals surface area contributed by atoms with E-state index in [1.807, 2.05) is 23.1 Å². The first-order chi connectivity index (χ1) is 21.3. The van der Waals surface area contributed by atoms with Gasteiger partial charge < -0.3 is 25.0 Å². The summed E-state index contributed by atoms with van der Waals surface area (Å²) in [4.78, 5) is 39.2. The van der Waals surface area contributed by atoms with Crippen LogP contribution in [-0.4, -0.2) is 111 Å². The molecule has 4 fully saturated rings. The Hall–Kier alpha value is -3.86. The highest BCUT2D eigenvalue weighted by Crippen LogP contribution is 2.56. The molecule has 4 aliphatic rings. The molecule has 10 nitrogen and oxygen atoms in total. The fraction of sp³-hybridized carbons (Fsp3) is 0.471. The van der Waals surface area contributed by atoms with Crippen LogP contribution in [0.4, 0.5) is 16.2 Å². The van der Waals surface area contributed by atoms with Crippen LogP contribution < -0.4 is 15.4 Å². The van der Waals surface area contributed by atoms with E-state index in [4.69, 9.17) is 15.2 Å². The maximum atomic E-state index is 14.5. The number of imide groups is 1. The Bertz CT molecular complexity index is 1590. The Labute approximate surface area is 258 Å². The number of fused-ring (bicyclic) bond motifs is 1. The quantitative estimate of drug-likeness (QED) is 0.312. The Morgan fingerprint density at radius 1 is 1.00 bits per heavy atom. The first-order valence-corrected chi connectivity index (χ1v) is 15.6. The monoisotopic (exact) mass is 598 g/mol. The number of urea groups is 1. The number of nitrogens with zero attached hydrogens (tertiary/aromatic N) is 5. The highest BCUT2D eigenvalue weighted by molar-refractivity contribution is 6.09. The van der Waals surface area contributed by atoms with Crippen molar-refractivity contribution in [1.29, 1.82) is 0 Å². The van der Waals surface area contributed by atoms with Gasteiger partial charge in [0, 0.05) is 76.9 Å². The van der Waals surface area contributed by atoms with Gasteiger partial charge in [0.15, 0.2) is 0 Å². The molecule has 0 aromatic heterocycles. The van der Waals surface area contributed by atoms with Crippen molar-refractivity contribution in [3.8, 4) is 5.75 Å². The predicted octanol–water partition coefficient (Wildman–Crippen LogP) is 3.41. The number of morpholine rings is 1. The Kier molecular flexibility index (Phi) is 7.39. The molecule has 3 aromatic carbocycles. The van der Waals surface area contributed by atoms with Gasteiger partial charge in [-0.1, -0.05) is 36.4 Å². The largest absolute Gasteiger partial charge is 0.495 e. The fourth-order valence-electron chi connectivity index (χ4n) is 8.07. The van der Waals surface area contributed by atoms with Gasteiger partial charge >= 0.3 is 6.03 Å². The topological polar surface area (TPSA) is 94.8 Å². The summed E-state index contributed by atoms with van der Waals surface area (Å²) in [6.07, 6.45) is 0.751. The second kappa shape index (κ2) is 11.3. The van der Waals surface area contributed by atoms with Crippen molar-refractivity contribution >= 4 is 34.1 Å². The van der Waals surface area contributed by atoms with Crippen molar-refractivity contribution in [2.75, 3.05) is 84.3 Å². The highest BCUT2D eigenvalue weighted by Gasteiger charge is 2.70. The zero-order valence-corrected chi connectivity index (χ0v) is 25.9. The lowest BCUT2D eigenvalue weighted by atomic mass is 9.87. The number of amides is 3. The number of hydrogen-bond donors (Lipinski definition) is 1. The molecule has 3 aromatic rings. The Balaban J connectivity index is 1.23. The van der Waals surface area contributed by atoms with E-state index < -0.39 is 5.54 Å². The average Bonchev–Trinajstić information content (AvgIpc) is 3.60. The molecule has 0 aliphatic carbocycles. The van der Waals surface area contributed by atoms with Crippen molar-refractivity contribution in [3.05, 3.63) is 65.7 Å². The van der Waals surface area contributed by atoms with Gasteiger partial charge in [0.2, 0.25) is 0 Å². The molecule has 10 heteroatoms.